The largest absolute Gasteiger partial charge is 0.385 e. The Bertz CT molecular complexity index is 332. The van der Waals surface area contributed by atoms with Crippen molar-refractivity contribution < 1.29 is 0 Å². The number of hydrogen-bond acceptors (Lipinski definition) is 1. The average Bonchev–Trinajstić information content (AvgIpc) is 2.55. The van der Waals surface area contributed by atoms with Crippen LogP contribution in [0.5, 0.6) is 0 Å². The first-order valence-electron chi connectivity index (χ1n) is 3.43. The Morgan fingerprint density at radius 1 is 1.27 bits per heavy atom. The third kappa shape index (κ3) is 1.00. The molecule has 2 aromatic heterocycles. The van der Waals surface area contributed by atoms with E-state index in [0.717, 1.165) is 5.69 Å². The van der Waals surface area contributed by atoms with Crippen LogP contribution >= 0.6 is 0 Å². The predicted octanol–water partition coefficient (Wildman–Crippen LogP) is 1.39. The lowest BCUT2D eigenvalue weighted by atomic mass is 10.5. The monoisotopic (exact) mass is 147 g/mol. The van der Waals surface area contributed by atoms with Crippen LogP contribution in [0.25, 0.3) is 5.69 Å². The number of nitrogens with one attached hydrogen (secondary N) is 1. The van der Waals surface area contributed by atoms with Gasteiger partial charge in [0.05, 0.1) is 5.69 Å². The molecule has 0 aromatic carbocycles. The van der Waals surface area contributed by atoms with Gasteiger partial charge >= 0.3 is 0 Å². The van der Waals surface area contributed by atoms with E-state index < -0.39 is 0 Å². The Kier molecular flexibility index (Phi) is 1.22. The van der Waals surface area contributed by atoms with E-state index in [1.807, 2.05) is 41.4 Å². The van der Waals surface area contributed by atoms with Gasteiger partial charge in [-0.05, 0) is 12.1 Å². The number of nitrogens with zero attached hydrogens (tertiary/aromatic N) is 1. The van der Waals surface area contributed by atoms with Gasteiger partial charge < -0.3 is 15.3 Å². The number of rotatable bonds is 1. The number of aromatic amines is 1. The molecule has 0 atom stereocenters. The van der Waals surface area contributed by atoms with Gasteiger partial charge in [-0.25, -0.2) is 0 Å². The first-order valence-corrected chi connectivity index (χ1v) is 3.43. The van der Waals surface area contributed by atoms with E-state index >= 15 is 0 Å². The second-order valence-corrected chi connectivity index (χ2v) is 2.40. The summed E-state index contributed by atoms with van der Waals surface area (Å²) < 4.78 is 1.99. The number of anilines is 1. The Labute approximate surface area is 64.5 Å². The van der Waals surface area contributed by atoms with Crippen LogP contribution in [0, 0.1) is 0 Å². The van der Waals surface area contributed by atoms with Gasteiger partial charge in [-0.3, -0.25) is 0 Å². The highest BCUT2D eigenvalue weighted by Crippen LogP contribution is 2.10. The van der Waals surface area contributed by atoms with E-state index in [-0.39, 0.29) is 0 Å². The molecular formula is C8H9N3. The summed E-state index contributed by atoms with van der Waals surface area (Å²) in [5.74, 6) is 0.689. The number of nitrogen functional groups attached to an aromatic ring is 1. The predicted molar refractivity (Wildman–Crippen MR) is 44.5 cm³/mol. The van der Waals surface area contributed by atoms with Crippen LogP contribution in [-0.4, -0.2) is 9.55 Å². The second-order valence-electron chi connectivity index (χ2n) is 2.40. The first-order chi connectivity index (χ1) is 5.36. The summed E-state index contributed by atoms with van der Waals surface area (Å²) in [6, 6.07) is 5.84. The van der Waals surface area contributed by atoms with E-state index in [9.17, 15) is 0 Å². The molecule has 0 aliphatic heterocycles. The molecule has 0 saturated heterocycles. The van der Waals surface area contributed by atoms with Gasteiger partial charge in [0, 0.05) is 24.7 Å². The highest BCUT2D eigenvalue weighted by Gasteiger charge is 1.95. The molecule has 11 heavy (non-hydrogen) atoms. The fraction of sp³-hybridized carbons (Fsp3) is 0. The van der Waals surface area contributed by atoms with E-state index in [1.165, 1.54) is 0 Å². The highest BCUT2D eigenvalue weighted by molar-refractivity contribution is 5.42. The van der Waals surface area contributed by atoms with Crippen LogP contribution in [0.15, 0.2) is 36.8 Å². The SMILES string of the molecule is Nc1cc(-n2cccc2)c[nH]1. The maximum atomic E-state index is 5.52. The summed E-state index contributed by atoms with van der Waals surface area (Å²) in [7, 11) is 0. The van der Waals surface area contributed by atoms with Crippen LogP contribution in [0.4, 0.5) is 5.82 Å². The van der Waals surface area contributed by atoms with Gasteiger partial charge in [0.1, 0.15) is 5.82 Å². The van der Waals surface area contributed by atoms with Crippen molar-refractivity contribution in [3.05, 3.63) is 36.8 Å². The summed E-state index contributed by atoms with van der Waals surface area (Å²) in [5.41, 5.74) is 6.58. The normalized spacial score (nSPS) is 10.2. The summed E-state index contributed by atoms with van der Waals surface area (Å²) in [6.07, 6.45) is 5.82. The molecule has 0 fully saturated rings. The van der Waals surface area contributed by atoms with E-state index in [4.69, 9.17) is 5.73 Å². The zero-order valence-corrected chi connectivity index (χ0v) is 5.99. The van der Waals surface area contributed by atoms with Crippen LogP contribution in [0.1, 0.15) is 0 Å². The minimum atomic E-state index is 0.689. The molecule has 0 bridgehead atoms. The molecule has 0 radical (unpaired) electrons. The van der Waals surface area contributed by atoms with Gasteiger partial charge in [-0.2, -0.15) is 0 Å². The maximum absolute atomic E-state index is 5.52. The van der Waals surface area contributed by atoms with E-state index in [2.05, 4.69) is 4.98 Å². The molecule has 0 aliphatic rings. The number of hydrogen-bond donors (Lipinski definition) is 2. The van der Waals surface area contributed by atoms with Gasteiger partial charge in [-0.15, -0.1) is 0 Å². The molecule has 0 saturated carbocycles. The van der Waals surface area contributed by atoms with Gasteiger partial charge in [0.2, 0.25) is 0 Å². The zero-order valence-electron chi connectivity index (χ0n) is 5.99. The maximum Gasteiger partial charge on any atom is 0.102 e. The van der Waals surface area contributed by atoms with Gasteiger partial charge in [0.25, 0.3) is 0 Å². The van der Waals surface area contributed by atoms with Crippen molar-refractivity contribution in [3.63, 3.8) is 0 Å². The van der Waals surface area contributed by atoms with Crippen molar-refractivity contribution in [2.24, 2.45) is 0 Å². The Balaban J connectivity index is 2.45. The number of H-pyrrole nitrogens is 1. The molecule has 3 nitrogen and oxygen atoms in total. The average molecular weight is 147 g/mol. The summed E-state index contributed by atoms with van der Waals surface area (Å²) in [6.45, 7) is 0. The molecular weight excluding hydrogens is 138 g/mol. The van der Waals surface area contributed by atoms with Crippen LogP contribution in [-0.2, 0) is 0 Å². The Hall–Kier alpha value is -1.64. The molecule has 0 spiro atoms. The Morgan fingerprint density at radius 2 is 2.00 bits per heavy atom. The lowest BCUT2D eigenvalue weighted by Crippen LogP contribution is -1.84. The lowest BCUT2D eigenvalue weighted by molar-refractivity contribution is 1.08. The van der Waals surface area contributed by atoms with Gasteiger partial charge in [-0.1, -0.05) is 0 Å². The van der Waals surface area contributed by atoms with Crippen LogP contribution < -0.4 is 5.73 Å². The smallest absolute Gasteiger partial charge is 0.102 e. The lowest BCUT2D eigenvalue weighted by Gasteiger charge is -1.94. The van der Waals surface area contributed by atoms with Crippen LogP contribution in [0.3, 0.4) is 0 Å². The molecule has 3 N–H and O–H groups in total. The quantitative estimate of drug-likeness (QED) is 0.629. The third-order valence-corrected chi connectivity index (χ3v) is 1.59. The van der Waals surface area contributed by atoms with Crippen molar-refractivity contribution in [2.45, 2.75) is 0 Å². The van der Waals surface area contributed by atoms with Crippen molar-refractivity contribution >= 4 is 5.82 Å². The summed E-state index contributed by atoms with van der Waals surface area (Å²) in [5, 5.41) is 0. The fourth-order valence-corrected chi connectivity index (χ4v) is 1.06. The second kappa shape index (κ2) is 2.20. The standard InChI is InChI=1S/C8H9N3/c9-8-5-7(6-10-8)11-3-1-2-4-11/h1-6,10H,9H2. The Morgan fingerprint density at radius 3 is 2.55 bits per heavy atom. The third-order valence-electron chi connectivity index (χ3n) is 1.59. The topological polar surface area (TPSA) is 46.7 Å². The molecule has 3 heteroatoms. The van der Waals surface area contributed by atoms with Crippen molar-refractivity contribution in [2.75, 3.05) is 5.73 Å². The molecule has 2 aromatic rings. The molecule has 0 aliphatic carbocycles. The fourth-order valence-electron chi connectivity index (χ4n) is 1.06. The first kappa shape index (κ1) is 6.09. The van der Waals surface area contributed by atoms with E-state index in [0.29, 0.717) is 5.82 Å². The van der Waals surface area contributed by atoms with Crippen molar-refractivity contribution in [1.82, 2.24) is 9.55 Å². The van der Waals surface area contributed by atoms with Gasteiger partial charge in [0.15, 0.2) is 0 Å². The number of aromatic nitrogens is 2. The van der Waals surface area contributed by atoms with Crippen molar-refractivity contribution in [1.29, 1.82) is 0 Å². The minimum absolute atomic E-state index is 0.689. The molecule has 0 amide bonds. The summed E-state index contributed by atoms with van der Waals surface area (Å²) >= 11 is 0. The molecule has 56 valence electrons. The molecule has 0 unspecified atom stereocenters. The van der Waals surface area contributed by atoms with Crippen LogP contribution in [0.2, 0.25) is 0 Å². The summed E-state index contributed by atoms with van der Waals surface area (Å²) in [4.78, 5) is 2.91. The molecule has 2 heterocycles. The van der Waals surface area contributed by atoms with E-state index in [1.54, 1.807) is 0 Å². The molecule has 2 rings (SSSR count). The van der Waals surface area contributed by atoms with Crippen molar-refractivity contribution in [3.8, 4) is 5.69 Å². The minimum Gasteiger partial charge on any atom is -0.385 e. The zero-order chi connectivity index (χ0) is 7.68. The highest BCUT2D eigenvalue weighted by atomic mass is 15.0. The number of nitrogens with two attached hydrogens (primary N) is 1.